The summed E-state index contributed by atoms with van der Waals surface area (Å²) in [6.45, 7) is 7.94. The van der Waals surface area contributed by atoms with Crippen molar-refractivity contribution in [3.05, 3.63) is 0 Å². The van der Waals surface area contributed by atoms with Crippen LogP contribution >= 0.6 is 0 Å². The Kier molecular flexibility index (Phi) is 7.96. The lowest BCUT2D eigenvalue weighted by molar-refractivity contribution is 0.248. The Bertz CT molecular complexity index is 70.0. The molecule has 1 aliphatic heterocycles. The van der Waals surface area contributed by atoms with Crippen molar-refractivity contribution < 1.29 is 5.11 Å². The van der Waals surface area contributed by atoms with Gasteiger partial charge in [-0.05, 0) is 32.4 Å². The van der Waals surface area contributed by atoms with Gasteiger partial charge in [-0.3, -0.25) is 0 Å². The molecule has 0 saturated carbocycles. The third kappa shape index (κ3) is 5.22. The molecular weight excluding hydrogens is 138 g/mol. The zero-order chi connectivity index (χ0) is 8.53. The van der Waals surface area contributed by atoms with Crippen molar-refractivity contribution in [1.29, 1.82) is 0 Å². The number of likely N-dealkylation sites (tertiary alicyclic amines) is 1. The van der Waals surface area contributed by atoms with Crippen LogP contribution in [0.5, 0.6) is 0 Å². The molecule has 2 heteroatoms. The van der Waals surface area contributed by atoms with Gasteiger partial charge in [-0.2, -0.15) is 0 Å². The maximum atomic E-state index is 8.50. The second kappa shape index (κ2) is 8.02. The number of aliphatic hydroxyl groups excluding tert-OH is 1. The molecule has 0 radical (unpaired) electrons. The molecule has 1 rings (SSSR count). The summed E-state index contributed by atoms with van der Waals surface area (Å²) >= 11 is 0. The minimum atomic E-state index is 0.344. The molecule has 1 saturated heterocycles. The van der Waals surface area contributed by atoms with Crippen molar-refractivity contribution in [2.75, 3.05) is 26.2 Å². The SMILES string of the molecule is CC.OCCCN1CCCC1. The van der Waals surface area contributed by atoms with Crippen molar-refractivity contribution in [2.24, 2.45) is 0 Å². The predicted molar refractivity (Wildman–Crippen MR) is 48.7 cm³/mol. The van der Waals surface area contributed by atoms with Crippen molar-refractivity contribution in [3.63, 3.8) is 0 Å². The van der Waals surface area contributed by atoms with Crippen LogP contribution in [0.2, 0.25) is 0 Å². The highest BCUT2D eigenvalue weighted by Gasteiger charge is 2.09. The van der Waals surface area contributed by atoms with E-state index in [0.29, 0.717) is 6.61 Å². The average Bonchev–Trinajstić information content (AvgIpc) is 2.57. The summed E-state index contributed by atoms with van der Waals surface area (Å²) in [5, 5.41) is 8.50. The van der Waals surface area contributed by atoms with Crippen LogP contribution < -0.4 is 0 Å². The summed E-state index contributed by atoms with van der Waals surface area (Å²) in [7, 11) is 0. The van der Waals surface area contributed by atoms with Crippen LogP contribution in [0.4, 0.5) is 0 Å². The molecule has 0 aromatic carbocycles. The molecule has 2 nitrogen and oxygen atoms in total. The molecule has 1 aliphatic rings. The lowest BCUT2D eigenvalue weighted by atomic mass is 10.4. The van der Waals surface area contributed by atoms with Gasteiger partial charge in [0, 0.05) is 13.2 Å². The molecule has 0 atom stereocenters. The van der Waals surface area contributed by atoms with E-state index in [1.54, 1.807) is 0 Å². The van der Waals surface area contributed by atoms with E-state index in [4.69, 9.17) is 5.11 Å². The minimum absolute atomic E-state index is 0.344. The highest BCUT2D eigenvalue weighted by Crippen LogP contribution is 2.06. The first-order valence-electron chi connectivity index (χ1n) is 4.76. The van der Waals surface area contributed by atoms with Gasteiger partial charge in [0.1, 0.15) is 0 Å². The Morgan fingerprint density at radius 1 is 1.18 bits per heavy atom. The van der Waals surface area contributed by atoms with Gasteiger partial charge in [0.2, 0.25) is 0 Å². The summed E-state index contributed by atoms with van der Waals surface area (Å²) in [5.74, 6) is 0. The fourth-order valence-electron chi connectivity index (χ4n) is 1.30. The number of hydrogen-bond acceptors (Lipinski definition) is 2. The third-order valence-corrected chi connectivity index (χ3v) is 1.83. The molecule has 68 valence electrons. The van der Waals surface area contributed by atoms with E-state index in [1.165, 1.54) is 25.9 Å². The van der Waals surface area contributed by atoms with E-state index < -0.39 is 0 Å². The molecule has 11 heavy (non-hydrogen) atoms. The average molecular weight is 159 g/mol. The molecule has 0 aromatic rings. The number of aliphatic hydroxyl groups is 1. The molecule has 1 fully saturated rings. The first kappa shape index (κ1) is 10.9. The summed E-state index contributed by atoms with van der Waals surface area (Å²) in [6.07, 6.45) is 3.65. The number of rotatable bonds is 3. The zero-order valence-corrected chi connectivity index (χ0v) is 7.84. The lowest BCUT2D eigenvalue weighted by Gasteiger charge is -2.12. The van der Waals surface area contributed by atoms with E-state index in [1.807, 2.05) is 13.8 Å². The minimum Gasteiger partial charge on any atom is -0.396 e. The van der Waals surface area contributed by atoms with Crippen LogP contribution in [0.1, 0.15) is 33.1 Å². The Hall–Kier alpha value is -0.0800. The first-order chi connectivity index (χ1) is 5.43. The second-order valence-corrected chi connectivity index (χ2v) is 2.63. The maximum Gasteiger partial charge on any atom is 0.0443 e. The third-order valence-electron chi connectivity index (χ3n) is 1.83. The van der Waals surface area contributed by atoms with Gasteiger partial charge in [-0.25, -0.2) is 0 Å². The Labute approximate surface area is 70.2 Å². The van der Waals surface area contributed by atoms with Crippen LogP contribution in [-0.2, 0) is 0 Å². The largest absolute Gasteiger partial charge is 0.396 e. The summed E-state index contributed by atoms with van der Waals surface area (Å²) < 4.78 is 0. The molecule has 0 spiro atoms. The monoisotopic (exact) mass is 159 g/mol. The van der Waals surface area contributed by atoms with Gasteiger partial charge in [0.15, 0.2) is 0 Å². The van der Waals surface area contributed by atoms with Crippen LogP contribution in [0.3, 0.4) is 0 Å². The van der Waals surface area contributed by atoms with Gasteiger partial charge in [-0.1, -0.05) is 13.8 Å². The molecule has 1 N–H and O–H groups in total. The van der Waals surface area contributed by atoms with Crippen LogP contribution in [0.25, 0.3) is 0 Å². The molecule has 1 heterocycles. The smallest absolute Gasteiger partial charge is 0.0443 e. The van der Waals surface area contributed by atoms with E-state index in [-0.39, 0.29) is 0 Å². The fraction of sp³-hybridized carbons (Fsp3) is 1.00. The number of hydrogen-bond donors (Lipinski definition) is 1. The zero-order valence-electron chi connectivity index (χ0n) is 7.84. The summed E-state index contributed by atoms with van der Waals surface area (Å²) in [4.78, 5) is 2.41. The Balaban J connectivity index is 0.000000461. The Morgan fingerprint density at radius 3 is 2.18 bits per heavy atom. The van der Waals surface area contributed by atoms with Gasteiger partial charge in [0.05, 0.1) is 0 Å². The van der Waals surface area contributed by atoms with Gasteiger partial charge >= 0.3 is 0 Å². The molecule has 0 unspecified atom stereocenters. The summed E-state index contributed by atoms with van der Waals surface area (Å²) in [6, 6.07) is 0. The molecule has 0 bridgehead atoms. The van der Waals surface area contributed by atoms with Crippen molar-refractivity contribution in [2.45, 2.75) is 33.1 Å². The highest BCUT2D eigenvalue weighted by molar-refractivity contribution is 4.64. The summed E-state index contributed by atoms with van der Waals surface area (Å²) in [5.41, 5.74) is 0. The first-order valence-corrected chi connectivity index (χ1v) is 4.76. The molecule has 0 amide bonds. The highest BCUT2D eigenvalue weighted by atomic mass is 16.3. The van der Waals surface area contributed by atoms with Gasteiger partial charge in [0.25, 0.3) is 0 Å². The van der Waals surface area contributed by atoms with Crippen LogP contribution in [-0.4, -0.2) is 36.2 Å². The van der Waals surface area contributed by atoms with E-state index in [0.717, 1.165) is 13.0 Å². The van der Waals surface area contributed by atoms with E-state index >= 15 is 0 Å². The van der Waals surface area contributed by atoms with Crippen molar-refractivity contribution >= 4 is 0 Å². The van der Waals surface area contributed by atoms with Crippen LogP contribution in [0, 0.1) is 0 Å². The molecule has 0 aromatic heterocycles. The maximum absolute atomic E-state index is 8.50. The Morgan fingerprint density at radius 2 is 1.73 bits per heavy atom. The quantitative estimate of drug-likeness (QED) is 0.674. The van der Waals surface area contributed by atoms with Gasteiger partial charge < -0.3 is 10.0 Å². The standard InChI is InChI=1S/C7H15NO.C2H6/c9-7-3-6-8-4-1-2-5-8;1-2/h9H,1-7H2;1-2H3. The normalized spacial score (nSPS) is 17.7. The second-order valence-electron chi connectivity index (χ2n) is 2.63. The van der Waals surface area contributed by atoms with Crippen molar-refractivity contribution in [3.8, 4) is 0 Å². The van der Waals surface area contributed by atoms with Crippen LogP contribution in [0.15, 0.2) is 0 Å². The van der Waals surface area contributed by atoms with Gasteiger partial charge in [-0.15, -0.1) is 0 Å². The predicted octanol–water partition coefficient (Wildman–Crippen LogP) is 1.49. The van der Waals surface area contributed by atoms with E-state index in [9.17, 15) is 0 Å². The van der Waals surface area contributed by atoms with Crippen molar-refractivity contribution in [1.82, 2.24) is 4.90 Å². The van der Waals surface area contributed by atoms with E-state index in [2.05, 4.69) is 4.90 Å². The number of nitrogens with zero attached hydrogens (tertiary/aromatic N) is 1. The molecular formula is C9H21NO. The molecule has 0 aliphatic carbocycles. The fourth-order valence-corrected chi connectivity index (χ4v) is 1.30. The lowest BCUT2D eigenvalue weighted by Crippen LogP contribution is -2.20. The topological polar surface area (TPSA) is 23.5 Å².